The monoisotopic (exact) mass is 292 g/mol. The van der Waals surface area contributed by atoms with Crippen molar-refractivity contribution in [2.24, 2.45) is 0 Å². The number of hydrogen-bond acceptors (Lipinski definition) is 3. The summed E-state index contributed by atoms with van der Waals surface area (Å²) in [5, 5.41) is 3.61. The number of rotatable bonds is 10. The average Bonchev–Trinajstić information content (AvgIpc) is 2.47. The first-order chi connectivity index (χ1) is 10.1. The summed E-state index contributed by atoms with van der Waals surface area (Å²) in [6, 6.07) is 9.46. The standard InChI is InChI=1S/C18H32N2O/c1-6-13-20(15(4)5)14-18(19-7-2)16-9-11-17(12-10-16)21-8-3/h9-12,15,18-19H,6-8,13-14H2,1-5H3. The Hall–Kier alpha value is -1.06. The summed E-state index contributed by atoms with van der Waals surface area (Å²) in [5.41, 5.74) is 1.34. The molecule has 1 aromatic rings. The van der Waals surface area contributed by atoms with Gasteiger partial charge in [-0.25, -0.2) is 0 Å². The topological polar surface area (TPSA) is 24.5 Å². The Balaban J connectivity index is 2.79. The molecule has 0 aromatic heterocycles. The molecule has 0 radical (unpaired) electrons. The van der Waals surface area contributed by atoms with Crippen molar-refractivity contribution < 1.29 is 4.74 Å². The Morgan fingerprint density at radius 1 is 1.10 bits per heavy atom. The minimum absolute atomic E-state index is 0.375. The molecule has 0 aliphatic heterocycles. The number of nitrogens with one attached hydrogen (secondary N) is 1. The van der Waals surface area contributed by atoms with Crippen LogP contribution in [0.25, 0.3) is 0 Å². The Bertz CT molecular complexity index is 375. The summed E-state index contributed by atoms with van der Waals surface area (Å²) in [5.74, 6) is 0.950. The fourth-order valence-electron chi connectivity index (χ4n) is 2.58. The lowest BCUT2D eigenvalue weighted by molar-refractivity contribution is 0.198. The summed E-state index contributed by atoms with van der Waals surface area (Å²) in [4.78, 5) is 2.55. The van der Waals surface area contributed by atoms with Crippen molar-refractivity contribution in [1.82, 2.24) is 10.2 Å². The van der Waals surface area contributed by atoms with Gasteiger partial charge in [0, 0.05) is 18.6 Å². The zero-order chi connectivity index (χ0) is 15.7. The molecule has 0 spiro atoms. The van der Waals surface area contributed by atoms with E-state index >= 15 is 0 Å². The van der Waals surface area contributed by atoms with Gasteiger partial charge in [-0.3, -0.25) is 4.90 Å². The summed E-state index contributed by atoms with van der Waals surface area (Å²) in [6.45, 7) is 14.9. The Labute approximate surface area is 130 Å². The molecule has 1 aromatic carbocycles. The highest BCUT2D eigenvalue weighted by Crippen LogP contribution is 2.20. The van der Waals surface area contributed by atoms with Gasteiger partial charge in [-0.1, -0.05) is 26.0 Å². The van der Waals surface area contributed by atoms with E-state index in [4.69, 9.17) is 4.74 Å². The van der Waals surface area contributed by atoms with E-state index in [0.717, 1.165) is 25.4 Å². The third-order valence-corrected chi connectivity index (χ3v) is 3.70. The maximum atomic E-state index is 5.53. The highest BCUT2D eigenvalue weighted by atomic mass is 16.5. The van der Waals surface area contributed by atoms with Gasteiger partial charge in [0.05, 0.1) is 6.61 Å². The number of nitrogens with zero attached hydrogens (tertiary/aromatic N) is 1. The summed E-state index contributed by atoms with van der Waals surface area (Å²) in [7, 11) is 0. The molecule has 0 aliphatic rings. The molecule has 120 valence electrons. The predicted molar refractivity (Wildman–Crippen MR) is 91.0 cm³/mol. The van der Waals surface area contributed by atoms with Crippen LogP contribution in [-0.4, -0.2) is 37.2 Å². The second kappa shape index (κ2) is 9.80. The van der Waals surface area contributed by atoms with Gasteiger partial charge in [0.25, 0.3) is 0 Å². The number of hydrogen-bond donors (Lipinski definition) is 1. The van der Waals surface area contributed by atoms with E-state index in [1.807, 2.05) is 6.92 Å². The van der Waals surface area contributed by atoms with E-state index in [1.54, 1.807) is 0 Å². The van der Waals surface area contributed by atoms with Crippen LogP contribution in [0.1, 0.15) is 52.6 Å². The lowest BCUT2D eigenvalue weighted by atomic mass is 10.1. The van der Waals surface area contributed by atoms with Crippen LogP contribution in [0, 0.1) is 0 Å². The molecule has 1 N–H and O–H groups in total. The van der Waals surface area contributed by atoms with Crippen molar-refractivity contribution in [2.75, 3.05) is 26.2 Å². The third-order valence-electron chi connectivity index (χ3n) is 3.70. The van der Waals surface area contributed by atoms with Gasteiger partial charge in [0.1, 0.15) is 5.75 Å². The van der Waals surface area contributed by atoms with Crippen molar-refractivity contribution in [3.05, 3.63) is 29.8 Å². The van der Waals surface area contributed by atoms with Crippen LogP contribution in [0.5, 0.6) is 5.75 Å². The molecule has 1 atom stereocenters. The van der Waals surface area contributed by atoms with Crippen LogP contribution in [0.15, 0.2) is 24.3 Å². The van der Waals surface area contributed by atoms with E-state index in [2.05, 4.69) is 62.2 Å². The molecule has 3 nitrogen and oxygen atoms in total. The van der Waals surface area contributed by atoms with Gasteiger partial charge in [0.2, 0.25) is 0 Å². The van der Waals surface area contributed by atoms with Crippen LogP contribution in [0.2, 0.25) is 0 Å². The number of ether oxygens (including phenoxy) is 1. The first kappa shape index (κ1) is 18.0. The lowest BCUT2D eigenvalue weighted by Gasteiger charge is -2.31. The number of benzene rings is 1. The van der Waals surface area contributed by atoms with E-state index in [0.29, 0.717) is 18.7 Å². The second-order valence-electron chi connectivity index (χ2n) is 5.70. The van der Waals surface area contributed by atoms with Gasteiger partial charge < -0.3 is 10.1 Å². The van der Waals surface area contributed by atoms with E-state index < -0.39 is 0 Å². The Morgan fingerprint density at radius 2 is 1.76 bits per heavy atom. The Morgan fingerprint density at radius 3 is 2.24 bits per heavy atom. The van der Waals surface area contributed by atoms with Crippen molar-refractivity contribution in [3.8, 4) is 5.75 Å². The third kappa shape index (κ3) is 6.06. The molecule has 1 unspecified atom stereocenters. The molecule has 21 heavy (non-hydrogen) atoms. The van der Waals surface area contributed by atoms with Gasteiger partial charge in [0.15, 0.2) is 0 Å². The first-order valence-electron chi connectivity index (χ1n) is 8.32. The molecule has 0 amide bonds. The van der Waals surface area contributed by atoms with E-state index in [1.165, 1.54) is 12.0 Å². The van der Waals surface area contributed by atoms with Crippen LogP contribution < -0.4 is 10.1 Å². The van der Waals surface area contributed by atoms with E-state index in [-0.39, 0.29) is 0 Å². The SMILES string of the molecule is CCCN(CC(NCC)c1ccc(OCC)cc1)C(C)C. The predicted octanol–water partition coefficient (Wildman–Crippen LogP) is 3.86. The Kier molecular flexibility index (Phi) is 8.40. The molecule has 0 aliphatic carbocycles. The maximum Gasteiger partial charge on any atom is 0.119 e. The van der Waals surface area contributed by atoms with Crippen molar-refractivity contribution in [1.29, 1.82) is 0 Å². The fraction of sp³-hybridized carbons (Fsp3) is 0.667. The quantitative estimate of drug-likeness (QED) is 0.709. The first-order valence-corrected chi connectivity index (χ1v) is 8.32. The molecule has 0 saturated carbocycles. The van der Waals surface area contributed by atoms with Crippen LogP contribution in [-0.2, 0) is 0 Å². The summed E-state index contributed by atoms with van der Waals surface area (Å²) < 4.78 is 5.53. The smallest absolute Gasteiger partial charge is 0.119 e. The largest absolute Gasteiger partial charge is 0.494 e. The normalized spacial score (nSPS) is 12.9. The van der Waals surface area contributed by atoms with Crippen LogP contribution in [0.3, 0.4) is 0 Å². The average molecular weight is 292 g/mol. The van der Waals surface area contributed by atoms with Gasteiger partial charge in [-0.05, 0) is 58.0 Å². The second-order valence-corrected chi connectivity index (χ2v) is 5.70. The zero-order valence-electron chi connectivity index (χ0n) is 14.4. The zero-order valence-corrected chi connectivity index (χ0v) is 14.4. The molecule has 0 saturated heterocycles. The van der Waals surface area contributed by atoms with Crippen LogP contribution in [0.4, 0.5) is 0 Å². The molecule has 0 heterocycles. The van der Waals surface area contributed by atoms with Crippen molar-refractivity contribution >= 4 is 0 Å². The van der Waals surface area contributed by atoms with Crippen LogP contribution >= 0.6 is 0 Å². The molecular formula is C18H32N2O. The summed E-state index contributed by atoms with van der Waals surface area (Å²) >= 11 is 0. The minimum Gasteiger partial charge on any atom is -0.494 e. The number of likely N-dealkylation sites (N-methyl/N-ethyl adjacent to an activating group) is 1. The molecule has 0 bridgehead atoms. The van der Waals surface area contributed by atoms with Crippen molar-refractivity contribution in [3.63, 3.8) is 0 Å². The fourth-order valence-corrected chi connectivity index (χ4v) is 2.58. The van der Waals surface area contributed by atoms with Gasteiger partial charge >= 0.3 is 0 Å². The molecule has 0 fully saturated rings. The molecule has 1 rings (SSSR count). The lowest BCUT2D eigenvalue weighted by Crippen LogP contribution is -2.39. The highest BCUT2D eigenvalue weighted by Gasteiger charge is 2.17. The van der Waals surface area contributed by atoms with Crippen molar-refractivity contribution in [2.45, 2.75) is 53.1 Å². The maximum absolute atomic E-state index is 5.53. The highest BCUT2D eigenvalue weighted by molar-refractivity contribution is 5.29. The van der Waals surface area contributed by atoms with Gasteiger partial charge in [-0.15, -0.1) is 0 Å². The summed E-state index contributed by atoms with van der Waals surface area (Å²) in [6.07, 6.45) is 1.19. The molecule has 3 heteroatoms. The molecular weight excluding hydrogens is 260 g/mol. The van der Waals surface area contributed by atoms with E-state index in [9.17, 15) is 0 Å². The minimum atomic E-state index is 0.375. The van der Waals surface area contributed by atoms with Gasteiger partial charge in [-0.2, -0.15) is 0 Å².